The minimum atomic E-state index is -0.336. The third-order valence-electron chi connectivity index (χ3n) is 2.49. The topological polar surface area (TPSA) is 60.9 Å². The highest BCUT2D eigenvalue weighted by Crippen LogP contribution is 2.19. The molecule has 0 fully saturated rings. The van der Waals surface area contributed by atoms with Crippen LogP contribution in [-0.2, 0) is 6.54 Å². The number of aromatic nitrogens is 2. The fourth-order valence-electron chi connectivity index (χ4n) is 1.58. The number of ketones is 1. The Kier molecular flexibility index (Phi) is 4.71. The van der Waals surface area contributed by atoms with Gasteiger partial charge in [0.05, 0.1) is 11.2 Å². The molecule has 96 valence electrons. The summed E-state index contributed by atoms with van der Waals surface area (Å²) < 4.78 is 1.67. The van der Waals surface area contributed by atoms with Crippen LogP contribution in [0.5, 0.6) is 0 Å². The highest BCUT2D eigenvalue weighted by Gasteiger charge is 2.20. The molecule has 0 aliphatic rings. The van der Waals surface area contributed by atoms with E-state index in [1.807, 2.05) is 20.8 Å². The number of nitrogens with two attached hydrogens (primary N) is 1. The van der Waals surface area contributed by atoms with Gasteiger partial charge >= 0.3 is 0 Å². The molecule has 2 N–H and O–H groups in total. The van der Waals surface area contributed by atoms with Crippen molar-refractivity contribution in [2.45, 2.75) is 52.1 Å². The zero-order valence-corrected chi connectivity index (χ0v) is 11.4. The van der Waals surface area contributed by atoms with Crippen LogP contribution in [0, 0.1) is 0 Å². The van der Waals surface area contributed by atoms with E-state index in [0.717, 1.165) is 6.42 Å². The largest absolute Gasteiger partial charge is 0.326 e. The van der Waals surface area contributed by atoms with Crippen LogP contribution in [0.2, 0.25) is 5.02 Å². The molecule has 1 aromatic rings. The Bertz CT molecular complexity index is 393. The smallest absolute Gasteiger partial charge is 0.182 e. The van der Waals surface area contributed by atoms with Crippen LogP contribution in [0.1, 0.15) is 50.5 Å². The highest BCUT2D eigenvalue weighted by molar-refractivity contribution is 6.33. The Hall–Kier alpha value is -0.870. The SMILES string of the molecule is CCCn1ncc(Cl)c1C(=O)CCC(C)(C)N. The van der Waals surface area contributed by atoms with Gasteiger partial charge < -0.3 is 5.73 Å². The molecule has 0 spiro atoms. The van der Waals surface area contributed by atoms with Gasteiger partial charge in [-0.2, -0.15) is 5.10 Å². The number of hydrogen-bond acceptors (Lipinski definition) is 3. The first-order valence-corrected chi connectivity index (χ1v) is 6.26. The van der Waals surface area contributed by atoms with Crippen molar-refractivity contribution in [1.82, 2.24) is 9.78 Å². The second-order valence-electron chi connectivity index (χ2n) is 4.98. The maximum atomic E-state index is 12.1. The summed E-state index contributed by atoms with van der Waals surface area (Å²) in [6.07, 6.45) is 3.48. The van der Waals surface area contributed by atoms with Crippen molar-refractivity contribution in [2.75, 3.05) is 0 Å². The molecule has 1 heterocycles. The number of nitrogens with zero attached hydrogens (tertiary/aromatic N) is 2. The van der Waals surface area contributed by atoms with Crippen LogP contribution < -0.4 is 5.73 Å². The van der Waals surface area contributed by atoms with E-state index in [0.29, 0.717) is 30.1 Å². The fourth-order valence-corrected chi connectivity index (χ4v) is 1.82. The Morgan fingerprint density at radius 2 is 2.24 bits per heavy atom. The summed E-state index contributed by atoms with van der Waals surface area (Å²) in [4.78, 5) is 12.1. The van der Waals surface area contributed by atoms with E-state index < -0.39 is 0 Å². The second kappa shape index (κ2) is 5.65. The summed E-state index contributed by atoms with van der Waals surface area (Å²) in [7, 11) is 0. The zero-order valence-electron chi connectivity index (χ0n) is 10.7. The first-order chi connectivity index (χ1) is 7.85. The van der Waals surface area contributed by atoms with Gasteiger partial charge in [0, 0.05) is 18.5 Å². The first-order valence-electron chi connectivity index (χ1n) is 5.88. The van der Waals surface area contributed by atoms with Crippen LogP contribution in [0.3, 0.4) is 0 Å². The number of aryl methyl sites for hydroxylation is 1. The van der Waals surface area contributed by atoms with Crippen LogP contribution in [-0.4, -0.2) is 21.1 Å². The second-order valence-corrected chi connectivity index (χ2v) is 5.38. The summed E-state index contributed by atoms with van der Waals surface area (Å²) in [5.41, 5.74) is 6.04. The third kappa shape index (κ3) is 4.13. The minimum absolute atomic E-state index is 0.0134. The van der Waals surface area contributed by atoms with Crippen molar-refractivity contribution in [2.24, 2.45) is 5.73 Å². The molecule has 4 nitrogen and oxygen atoms in total. The van der Waals surface area contributed by atoms with Gasteiger partial charge in [-0.3, -0.25) is 9.48 Å². The Labute approximate surface area is 107 Å². The average molecular weight is 258 g/mol. The first kappa shape index (κ1) is 14.2. The lowest BCUT2D eigenvalue weighted by Gasteiger charge is -2.17. The maximum absolute atomic E-state index is 12.1. The highest BCUT2D eigenvalue weighted by atomic mass is 35.5. The molecule has 0 aromatic carbocycles. The van der Waals surface area contributed by atoms with Crippen LogP contribution >= 0.6 is 11.6 Å². The molecule has 0 bridgehead atoms. The molecule has 0 unspecified atom stereocenters. The van der Waals surface area contributed by atoms with Gasteiger partial charge in [0.2, 0.25) is 0 Å². The van der Waals surface area contributed by atoms with Gasteiger partial charge in [0.1, 0.15) is 5.69 Å². The van der Waals surface area contributed by atoms with E-state index in [4.69, 9.17) is 17.3 Å². The normalized spacial score (nSPS) is 11.8. The molecule has 1 aromatic heterocycles. The van der Waals surface area contributed by atoms with Gasteiger partial charge in [-0.15, -0.1) is 0 Å². The summed E-state index contributed by atoms with van der Waals surface area (Å²) in [5, 5.41) is 4.53. The predicted octanol–water partition coefficient (Wildman–Crippen LogP) is 2.65. The van der Waals surface area contributed by atoms with E-state index in [-0.39, 0.29) is 11.3 Å². The summed E-state index contributed by atoms with van der Waals surface area (Å²) in [6, 6.07) is 0. The molecule has 0 radical (unpaired) electrons. The lowest BCUT2D eigenvalue weighted by molar-refractivity contribution is 0.0962. The van der Waals surface area contributed by atoms with Gasteiger partial charge in [-0.25, -0.2) is 0 Å². The summed E-state index contributed by atoms with van der Waals surface area (Å²) in [6.45, 7) is 6.56. The molecule has 0 saturated carbocycles. The average Bonchev–Trinajstić information content (AvgIpc) is 2.56. The third-order valence-corrected chi connectivity index (χ3v) is 2.77. The van der Waals surface area contributed by atoms with Gasteiger partial charge in [-0.1, -0.05) is 18.5 Å². The van der Waals surface area contributed by atoms with Crippen LogP contribution in [0.25, 0.3) is 0 Å². The van der Waals surface area contributed by atoms with Gasteiger partial charge in [0.25, 0.3) is 0 Å². The number of Topliss-reactive ketones (excluding diaryl/α,β-unsaturated/α-hetero) is 1. The van der Waals surface area contributed by atoms with Crippen molar-refractivity contribution in [3.63, 3.8) is 0 Å². The molecule has 5 heteroatoms. The van der Waals surface area contributed by atoms with Crippen LogP contribution in [0.15, 0.2) is 6.20 Å². The Morgan fingerprint density at radius 1 is 1.59 bits per heavy atom. The Morgan fingerprint density at radius 3 is 2.76 bits per heavy atom. The Balaban J connectivity index is 2.77. The molecular formula is C12H20ClN3O. The van der Waals surface area contributed by atoms with Gasteiger partial charge in [-0.05, 0) is 26.7 Å². The fraction of sp³-hybridized carbons (Fsp3) is 0.667. The van der Waals surface area contributed by atoms with E-state index in [1.54, 1.807) is 4.68 Å². The number of halogens is 1. The van der Waals surface area contributed by atoms with Crippen molar-refractivity contribution in [1.29, 1.82) is 0 Å². The maximum Gasteiger partial charge on any atom is 0.182 e. The molecule has 1 rings (SSSR count). The van der Waals surface area contributed by atoms with E-state index in [9.17, 15) is 4.79 Å². The lowest BCUT2D eigenvalue weighted by Crippen LogP contribution is -2.32. The van der Waals surface area contributed by atoms with Crippen molar-refractivity contribution in [3.8, 4) is 0 Å². The van der Waals surface area contributed by atoms with Crippen LogP contribution in [0.4, 0.5) is 0 Å². The van der Waals surface area contributed by atoms with Crippen molar-refractivity contribution >= 4 is 17.4 Å². The number of rotatable bonds is 6. The molecule has 0 saturated heterocycles. The molecular weight excluding hydrogens is 238 g/mol. The lowest BCUT2D eigenvalue weighted by atomic mass is 9.97. The summed E-state index contributed by atoms with van der Waals surface area (Å²) in [5.74, 6) is 0.0134. The number of hydrogen-bond donors (Lipinski definition) is 1. The monoisotopic (exact) mass is 257 g/mol. The molecule has 0 atom stereocenters. The standard InChI is InChI=1S/C12H20ClN3O/c1-4-7-16-11(9(13)8-15-16)10(17)5-6-12(2,3)14/h8H,4-7,14H2,1-3H3. The minimum Gasteiger partial charge on any atom is -0.326 e. The quantitative estimate of drug-likeness (QED) is 0.797. The summed E-state index contributed by atoms with van der Waals surface area (Å²) >= 11 is 5.99. The van der Waals surface area contributed by atoms with Crippen molar-refractivity contribution in [3.05, 3.63) is 16.9 Å². The molecule has 17 heavy (non-hydrogen) atoms. The zero-order chi connectivity index (χ0) is 13.1. The van der Waals surface area contributed by atoms with Crippen molar-refractivity contribution < 1.29 is 4.79 Å². The van der Waals surface area contributed by atoms with E-state index >= 15 is 0 Å². The van der Waals surface area contributed by atoms with E-state index in [2.05, 4.69) is 5.10 Å². The molecule has 0 amide bonds. The molecule has 0 aliphatic carbocycles. The number of carbonyl (C=O) groups excluding carboxylic acids is 1. The number of carbonyl (C=O) groups is 1. The predicted molar refractivity (Wildman–Crippen MR) is 69.4 cm³/mol. The van der Waals surface area contributed by atoms with Gasteiger partial charge in [0.15, 0.2) is 5.78 Å². The van der Waals surface area contributed by atoms with E-state index in [1.165, 1.54) is 6.20 Å². The molecule has 0 aliphatic heterocycles.